The molecule has 7 heteroatoms. The molecule has 0 fully saturated rings. The molecule has 0 radical (unpaired) electrons. The van der Waals surface area contributed by atoms with Gasteiger partial charge in [-0.05, 0) is 35.7 Å². The third-order valence-electron chi connectivity index (χ3n) is 3.20. The number of hydrogen-bond acceptors (Lipinski definition) is 3. The predicted molar refractivity (Wildman–Crippen MR) is 110 cm³/mol. The van der Waals surface area contributed by atoms with E-state index in [1.807, 2.05) is 13.8 Å². The highest BCUT2D eigenvalue weighted by molar-refractivity contribution is 14.0. The van der Waals surface area contributed by atoms with E-state index in [4.69, 9.17) is 0 Å². The molecule has 1 aromatic heterocycles. The lowest BCUT2D eigenvalue weighted by molar-refractivity contribution is -0.120. The molecule has 1 amide bonds. The lowest BCUT2D eigenvalue weighted by atomic mass is 10.1. The summed E-state index contributed by atoms with van der Waals surface area (Å²) < 4.78 is 0. The van der Waals surface area contributed by atoms with Crippen molar-refractivity contribution in [1.82, 2.24) is 16.0 Å². The Morgan fingerprint density at radius 2 is 2.04 bits per heavy atom. The quantitative estimate of drug-likeness (QED) is 0.307. The summed E-state index contributed by atoms with van der Waals surface area (Å²) in [7, 11) is 0. The molecule has 0 aliphatic rings. The van der Waals surface area contributed by atoms with Gasteiger partial charge in [0.05, 0.1) is 0 Å². The molecule has 0 saturated carbocycles. The van der Waals surface area contributed by atoms with E-state index >= 15 is 0 Å². The van der Waals surface area contributed by atoms with E-state index in [1.54, 1.807) is 11.3 Å². The van der Waals surface area contributed by atoms with Gasteiger partial charge in [0.15, 0.2) is 5.96 Å². The first kappa shape index (κ1) is 22.2. The molecular formula is C16H29IN4OS. The zero-order chi connectivity index (χ0) is 16.2. The number of amides is 1. The third kappa shape index (κ3) is 9.80. The summed E-state index contributed by atoms with van der Waals surface area (Å²) in [6, 6.07) is 2.14. The zero-order valence-corrected chi connectivity index (χ0v) is 17.4. The lowest BCUT2D eigenvalue weighted by Gasteiger charge is -2.13. The average Bonchev–Trinajstić information content (AvgIpc) is 3.04. The molecule has 0 aliphatic heterocycles. The first-order valence-corrected chi connectivity index (χ1v) is 8.92. The van der Waals surface area contributed by atoms with Crippen molar-refractivity contribution >= 4 is 47.2 Å². The number of halogens is 1. The normalized spacial score (nSPS) is 12.2. The van der Waals surface area contributed by atoms with E-state index in [2.05, 4.69) is 44.7 Å². The van der Waals surface area contributed by atoms with Crippen LogP contribution in [-0.2, 0) is 4.79 Å². The summed E-state index contributed by atoms with van der Waals surface area (Å²) in [6.45, 7) is 9.12. The van der Waals surface area contributed by atoms with Crippen LogP contribution in [0, 0.1) is 0 Å². The molecule has 132 valence electrons. The van der Waals surface area contributed by atoms with Gasteiger partial charge in [-0.2, -0.15) is 11.3 Å². The Morgan fingerprint density at radius 1 is 1.26 bits per heavy atom. The van der Waals surface area contributed by atoms with Crippen LogP contribution in [0.1, 0.15) is 45.1 Å². The summed E-state index contributed by atoms with van der Waals surface area (Å²) in [5.74, 6) is 1.25. The molecule has 3 N–H and O–H groups in total. The van der Waals surface area contributed by atoms with Gasteiger partial charge in [0.2, 0.25) is 5.91 Å². The Morgan fingerprint density at radius 3 is 2.65 bits per heavy atom. The number of hydrogen-bond donors (Lipinski definition) is 3. The minimum absolute atomic E-state index is 0. The first-order chi connectivity index (χ1) is 10.7. The van der Waals surface area contributed by atoms with Gasteiger partial charge in [0.25, 0.3) is 0 Å². The predicted octanol–water partition coefficient (Wildman–Crippen LogP) is 2.94. The Balaban J connectivity index is 0.00000484. The molecule has 1 rings (SSSR count). The van der Waals surface area contributed by atoms with Gasteiger partial charge in [0, 0.05) is 38.5 Å². The molecule has 1 unspecified atom stereocenters. The van der Waals surface area contributed by atoms with E-state index in [-0.39, 0.29) is 29.9 Å². The van der Waals surface area contributed by atoms with E-state index in [1.165, 1.54) is 5.56 Å². The SMILES string of the molecule is CCCNC(=O)CCNC(=NCC(C)c1ccsc1)NCC.I. The molecule has 5 nitrogen and oxygen atoms in total. The standard InChI is InChI=1S/C16H28N4OS.HI/c1-4-8-18-15(21)6-9-19-16(17-5-2)20-11-13(3)14-7-10-22-12-14;/h7,10,12-13H,4-6,8-9,11H2,1-3H3,(H,18,21)(H2,17,19,20);1H. The highest BCUT2D eigenvalue weighted by Gasteiger charge is 2.06. The minimum atomic E-state index is 0. The van der Waals surface area contributed by atoms with Crippen LogP contribution in [0.2, 0.25) is 0 Å². The lowest BCUT2D eigenvalue weighted by Crippen LogP contribution is -2.39. The molecular weight excluding hydrogens is 423 g/mol. The number of nitrogens with one attached hydrogen (secondary N) is 3. The average molecular weight is 452 g/mol. The van der Waals surface area contributed by atoms with Crippen LogP contribution in [0.4, 0.5) is 0 Å². The fourth-order valence-electron chi connectivity index (χ4n) is 1.88. The summed E-state index contributed by atoms with van der Waals surface area (Å²) in [4.78, 5) is 16.1. The Kier molecular flexibility index (Phi) is 13.1. The topological polar surface area (TPSA) is 65.5 Å². The summed E-state index contributed by atoms with van der Waals surface area (Å²) in [6.07, 6.45) is 1.42. The van der Waals surface area contributed by atoms with Crippen molar-refractivity contribution in [3.63, 3.8) is 0 Å². The van der Waals surface area contributed by atoms with Gasteiger partial charge in [-0.3, -0.25) is 9.79 Å². The largest absolute Gasteiger partial charge is 0.357 e. The maximum atomic E-state index is 11.6. The first-order valence-electron chi connectivity index (χ1n) is 7.98. The van der Waals surface area contributed by atoms with Gasteiger partial charge in [-0.1, -0.05) is 13.8 Å². The van der Waals surface area contributed by atoms with Crippen LogP contribution in [-0.4, -0.2) is 38.0 Å². The third-order valence-corrected chi connectivity index (χ3v) is 3.90. The van der Waals surface area contributed by atoms with Crippen LogP contribution >= 0.6 is 35.3 Å². The van der Waals surface area contributed by atoms with Crippen LogP contribution in [0.15, 0.2) is 21.8 Å². The number of thiophene rings is 1. The van der Waals surface area contributed by atoms with Gasteiger partial charge in [-0.25, -0.2) is 0 Å². The van der Waals surface area contributed by atoms with Crippen molar-refractivity contribution in [3.8, 4) is 0 Å². The zero-order valence-electron chi connectivity index (χ0n) is 14.2. The smallest absolute Gasteiger partial charge is 0.221 e. The maximum absolute atomic E-state index is 11.6. The number of nitrogens with zero attached hydrogens (tertiary/aromatic N) is 1. The fraction of sp³-hybridized carbons (Fsp3) is 0.625. The second kappa shape index (κ2) is 13.6. The van der Waals surface area contributed by atoms with Crippen LogP contribution < -0.4 is 16.0 Å². The molecule has 1 heterocycles. The van der Waals surface area contributed by atoms with E-state index < -0.39 is 0 Å². The van der Waals surface area contributed by atoms with Crippen LogP contribution in [0.5, 0.6) is 0 Å². The summed E-state index contributed by atoms with van der Waals surface area (Å²) >= 11 is 1.71. The van der Waals surface area contributed by atoms with Gasteiger partial charge in [-0.15, -0.1) is 24.0 Å². The second-order valence-corrected chi connectivity index (χ2v) is 5.98. The van der Waals surface area contributed by atoms with Crippen molar-refractivity contribution in [3.05, 3.63) is 22.4 Å². The van der Waals surface area contributed by atoms with Crippen molar-refractivity contribution in [2.24, 2.45) is 4.99 Å². The Hall–Kier alpha value is -0.830. The number of rotatable bonds is 9. The van der Waals surface area contributed by atoms with E-state index in [0.717, 1.165) is 32.0 Å². The Bertz CT molecular complexity index is 451. The number of carbonyl (C=O) groups is 1. The summed E-state index contributed by atoms with van der Waals surface area (Å²) in [5, 5.41) is 13.5. The number of guanidine groups is 1. The molecule has 0 aromatic carbocycles. The minimum Gasteiger partial charge on any atom is -0.357 e. The molecule has 0 saturated heterocycles. The molecule has 23 heavy (non-hydrogen) atoms. The van der Waals surface area contributed by atoms with Gasteiger partial charge in [0.1, 0.15) is 0 Å². The fourth-order valence-corrected chi connectivity index (χ4v) is 2.66. The number of carbonyl (C=O) groups excluding carboxylic acids is 1. The molecule has 1 aromatic rings. The monoisotopic (exact) mass is 452 g/mol. The Labute approximate surface area is 160 Å². The van der Waals surface area contributed by atoms with E-state index in [0.29, 0.717) is 18.9 Å². The van der Waals surface area contributed by atoms with Crippen LogP contribution in [0.3, 0.4) is 0 Å². The molecule has 1 atom stereocenters. The van der Waals surface area contributed by atoms with E-state index in [9.17, 15) is 4.79 Å². The van der Waals surface area contributed by atoms with Gasteiger partial charge < -0.3 is 16.0 Å². The second-order valence-electron chi connectivity index (χ2n) is 5.20. The summed E-state index contributed by atoms with van der Waals surface area (Å²) in [5.41, 5.74) is 1.32. The van der Waals surface area contributed by atoms with Crippen molar-refractivity contribution in [2.75, 3.05) is 26.2 Å². The van der Waals surface area contributed by atoms with Crippen LogP contribution in [0.25, 0.3) is 0 Å². The van der Waals surface area contributed by atoms with Gasteiger partial charge >= 0.3 is 0 Å². The molecule has 0 bridgehead atoms. The van der Waals surface area contributed by atoms with Crippen molar-refractivity contribution in [2.45, 2.75) is 39.5 Å². The molecule has 0 spiro atoms. The van der Waals surface area contributed by atoms with Crippen molar-refractivity contribution in [1.29, 1.82) is 0 Å². The number of aliphatic imine (C=N–C) groups is 1. The highest BCUT2D eigenvalue weighted by Crippen LogP contribution is 2.18. The molecule has 0 aliphatic carbocycles. The van der Waals surface area contributed by atoms with Crippen molar-refractivity contribution < 1.29 is 4.79 Å². The maximum Gasteiger partial charge on any atom is 0.221 e. The highest BCUT2D eigenvalue weighted by atomic mass is 127.